The van der Waals surface area contributed by atoms with Gasteiger partial charge in [0.1, 0.15) is 0 Å². The minimum absolute atomic E-state index is 0.109. The van der Waals surface area contributed by atoms with E-state index < -0.39 is 24.5 Å². The van der Waals surface area contributed by atoms with Gasteiger partial charge in [-0.25, -0.2) is 9.59 Å². The van der Waals surface area contributed by atoms with Crippen LogP contribution in [0.3, 0.4) is 0 Å². The van der Waals surface area contributed by atoms with Gasteiger partial charge in [0, 0.05) is 5.69 Å². The summed E-state index contributed by atoms with van der Waals surface area (Å²) in [6.07, 6.45) is 0. The maximum Gasteiger partial charge on any atom is 0.338 e. The van der Waals surface area contributed by atoms with Gasteiger partial charge >= 0.3 is 11.9 Å². The lowest BCUT2D eigenvalue weighted by Gasteiger charge is -2.11. The first-order valence-electron chi connectivity index (χ1n) is 7.96. The van der Waals surface area contributed by atoms with Crippen molar-refractivity contribution in [2.24, 2.45) is 0 Å². The van der Waals surface area contributed by atoms with Crippen molar-refractivity contribution in [3.8, 4) is 11.5 Å². The third-order valence-electron chi connectivity index (χ3n) is 3.59. The summed E-state index contributed by atoms with van der Waals surface area (Å²) in [4.78, 5) is 35.5. The minimum Gasteiger partial charge on any atom is -0.493 e. The van der Waals surface area contributed by atoms with E-state index in [0.717, 1.165) is 0 Å². The first kappa shape index (κ1) is 21.0. The van der Waals surface area contributed by atoms with Crippen LogP contribution in [0.15, 0.2) is 36.4 Å². The van der Waals surface area contributed by atoms with E-state index in [-0.39, 0.29) is 22.1 Å². The van der Waals surface area contributed by atoms with E-state index >= 15 is 0 Å². The molecule has 2 aromatic rings. The van der Waals surface area contributed by atoms with Crippen LogP contribution in [0, 0.1) is 0 Å². The van der Waals surface area contributed by atoms with Crippen molar-refractivity contribution in [2.75, 3.05) is 33.3 Å². The van der Waals surface area contributed by atoms with Gasteiger partial charge in [-0.2, -0.15) is 0 Å². The molecule has 148 valence electrons. The van der Waals surface area contributed by atoms with E-state index in [4.69, 9.17) is 25.8 Å². The molecular weight excluding hydrogens is 390 g/mol. The molecule has 0 aliphatic rings. The van der Waals surface area contributed by atoms with Crippen molar-refractivity contribution in [2.45, 2.75) is 0 Å². The summed E-state index contributed by atoms with van der Waals surface area (Å²) in [5.41, 5.74) is 0.887. The normalized spacial score (nSPS) is 10.0. The maximum atomic E-state index is 12.2. The standard InChI is InChI=1S/C19H18ClNO7/c1-25-15-9-12(8-14(20)17(15)26-2)19(24)28-10-16(22)21-13-6-4-11(5-7-13)18(23)27-3/h4-9H,10H2,1-3H3,(H,21,22). The lowest BCUT2D eigenvalue weighted by molar-refractivity contribution is -0.119. The fourth-order valence-corrected chi connectivity index (χ4v) is 2.54. The molecule has 0 atom stereocenters. The molecule has 0 aliphatic heterocycles. The lowest BCUT2D eigenvalue weighted by Crippen LogP contribution is -2.21. The molecular formula is C19H18ClNO7. The second-order valence-electron chi connectivity index (χ2n) is 5.39. The van der Waals surface area contributed by atoms with Gasteiger partial charge in [0.05, 0.1) is 37.5 Å². The average molecular weight is 408 g/mol. The summed E-state index contributed by atoms with van der Waals surface area (Å²) in [6, 6.07) is 8.81. The summed E-state index contributed by atoms with van der Waals surface area (Å²) in [6.45, 7) is -0.510. The van der Waals surface area contributed by atoms with Crippen LogP contribution >= 0.6 is 11.6 Å². The van der Waals surface area contributed by atoms with Gasteiger partial charge in [0.15, 0.2) is 18.1 Å². The Morgan fingerprint density at radius 2 is 1.61 bits per heavy atom. The third kappa shape index (κ3) is 5.14. The van der Waals surface area contributed by atoms with E-state index in [9.17, 15) is 14.4 Å². The van der Waals surface area contributed by atoms with E-state index in [2.05, 4.69) is 10.1 Å². The number of carbonyl (C=O) groups excluding carboxylic acids is 3. The molecule has 1 N–H and O–H groups in total. The number of esters is 2. The van der Waals surface area contributed by atoms with Crippen molar-refractivity contribution in [1.82, 2.24) is 0 Å². The van der Waals surface area contributed by atoms with Gasteiger partial charge in [0.2, 0.25) is 0 Å². The molecule has 2 aromatic carbocycles. The predicted octanol–water partition coefficient (Wildman–Crippen LogP) is 2.94. The second kappa shape index (κ2) is 9.61. The summed E-state index contributed by atoms with van der Waals surface area (Å²) in [7, 11) is 4.10. The van der Waals surface area contributed by atoms with Crippen molar-refractivity contribution in [3.05, 3.63) is 52.5 Å². The molecule has 0 heterocycles. The molecule has 0 bridgehead atoms. The summed E-state index contributed by atoms with van der Waals surface area (Å²) in [5.74, 6) is -1.24. The summed E-state index contributed by atoms with van der Waals surface area (Å²) < 4.78 is 19.8. The Labute approximate surface area is 166 Å². The Balaban J connectivity index is 1.96. The van der Waals surface area contributed by atoms with E-state index in [0.29, 0.717) is 11.3 Å². The van der Waals surface area contributed by atoms with Crippen molar-refractivity contribution < 1.29 is 33.3 Å². The van der Waals surface area contributed by atoms with Crippen LogP contribution in [-0.4, -0.2) is 45.8 Å². The summed E-state index contributed by atoms with van der Waals surface area (Å²) >= 11 is 6.05. The van der Waals surface area contributed by atoms with Gasteiger partial charge < -0.3 is 24.3 Å². The molecule has 0 saturated carbocycles. The van der Waals surface area contributed by atoms with Crippen LogP contribution in [0.5, 0.6) is 11.5 Å². The molecule has 1 amide bonds. The zero-order valence-corrected chi connectivity index (χ0v) is 16.2. The monoisotopic (exact) mass is 407 g/mol. The van der Waals surface area contributed by atoms with Crippen molar-refractivity contribution >= 4 is 35.1 Å². The number of ether oxygens (including phenoxy) is 4. The first-order chi connectivity index (χ1) is 13.4. The highest BCUT2D eigenvalue weighted by Gasteiger charge is 2.17. The fraction of sp³-hybridized carbons (Fsp3) is 0.211. The maximum absolute atomic E-state index is 12.2. The fourth-order valence-electron chi connectivity index (χ4n) is 2.25. The lowest BCUT2D eigenvalue weighted by atomic mass is 10.2. The second-order valence-corrected chi connectivity index (χ2v) is 5.79. The van der Waals surface area contributed by atoms with Gasteiger partial charge in [-0.1, -0.05) is 11.6 Å². The molecule has 28 heavy (non-hydrogen) atoms. The number of benzene rings is 2. The number of hydrogen-bond donors (Lipinski definition) is 1. The van der Waals surface area contributed by atoms with E-state index in [1.54, 1.807) is 0 Å². The smallest absolute Gasteiger partial charge is 0.338 e. The van der Waals surface area contributed by atoms with Crippen LogP contribution in [0.2, 0.25) is 5.02 Å². The number of amides is 1. The average Bonchev–Trinajstić information content (AvgIpc) is 2.71. The Kier molecular flexibility index (Phi) is 7.22. The molecule has 0 aliphatic carbocycles. The number of carbonyl (C=O) groups is 3. The number of rotatable bonds is 7. The van der Waals surface area contributed by atoms with Gasteiger partial charge in [-0.15, -0.1) is 0 Å². The first-order valence-corrected chi connectivity index (χ1v) is 8.34. The molecule has 0 radical (unpaired) electrons. The van der Waals surface area contributed by atoms with Crippen molar-refractivity contribution in [3.63, 3.8) is 0 Å². The summed E-state index contributed by atoms with van der Waals surface area (Å²) in [5, 5.41) is 2.72. The highest BCUT2D eigenvalue weighted by atomic mass is 35.5. The van der Waals surface area contributed by atoms with Crippen LogP contribution in [-0.2, 0) is 14.3 Å². The van der Waals surface area contributed by atoms with Crippen LogP contribution in [0.25, 0.3) is 0 Å². The number of hydrogen-bond acceptors (Lipinski definition) is 7. The third-order valence-corrected chi connectivity index (χ3v) is 3.87. The highest BCUT2D eigenvalue weighted by Crippen LogP contribution is 2.36. The number of nitrogens with one attached hydrogen (secondary N) is 1. The predicted molar refractivity (Wildman–Crippen MR) is 101 cm³/mol. The zero-order chi connectivity index (χ0) is 20.7. The number of methoxy groups -OCH3 is 3. The molecule has 0 unspecified atom stereocenters. The van der Waals surface area contributed by atoms with E-state index in [1.165, 1.54) is 57.7 Å². The SMILES string of the molecule is COC(=O)c1ccc(NC(=O)COC(=O)c2cc(Cl)c(OC)c(OC)c2)cc1. The Hall–Kier alpha value is -3.26. The Morgan fingerprint density at radius 3 is 2.18 bits per heavy atom. The molecule has 9 heteroatoms. The molecule has 2 rings (SSSR count). The molecule has 0 saturated heterocycles. The largest absolute Gasteiger partial charge is 0.493 e. The highest BCUT2D eigenvalue weighted by molar-refractivity contribution is 6.32. The Morgan fingerprint density at radius 1 is 0.929 bits per heavy atom. The van der Waals surface area contributed by atoms with Crippen LogP contribution < -0.4 is 14.8 Å². The zero-order valence-electron chi connectivity index (χ0n) is 15.4. The quantitative estimate of drug-likeness (QED) is 0.704. The molecule has 0 fully saturated rings. The molecule has 0 aromatic heterocycles. The van der Waals surface area contributed by atoms with Crippen LogP contribution in [0.1, 0.15) is 20.7 Å². The van der Waals surface area contributed by atoms with Crippen molar-refractivity contribution in [1.29, 1.82) is 0 Å². The van der Waals surface area contributed by atoms with Gasteiger partial charge in [-0.05, 0) is 36.4 Å². The van der Waals surface area contributed by atoms with Gasteiger partial charge in [0.25, 0.3) is 5.91 Å². The van der Waals surface area contributed by atoms with Crippen LogP contribution in [0.4, 0.5) is 5.69 Å². The number of halogens is 1. The topological polar surface area (TPSA) is 100 Å². The number of anilines is 1. The van der Waals surface area contributed by atoms with E-state index in [1.807, 2.05) is 0 Å². The Bertz CT molecular complexity index is 881. The molecule has 0 spiro atoms. The molecule has 8 nitrogen and oxygen atoms in total. The van der Waals surface area contributed by atoms with Gasteiger partial charge in [-0.3, -0.25) is 4.79 Å². The minimum atomic E-state index is -0.751.